The molecular weight excluding hydrogens is 701 g/mol. The molecule has 0 saturated carbocycles. The van der Waals surface area contributed by atoms with Crippen molar-refractivity contribution in [3.8, 4) is 66.8 Å². The van der Waals surface area contributed by atoms with Crippen LogP contribution < -0.4 is 0 Å². The van der Waals surface area contributed by atoms with Gasteiger partial charge in [0.25, 0.3) is 0 Å². The van der Waals surface area contributed by atoms with Crippen LogP contribution >= 0.6 is 0 Å². The van der Waals surface area contributed by atoms with Gasteiger partial charge in [0.15, 0.2) is 5.78 Å². The maximum Gasteiger partial charge on any atom is 0.193 e. The third kappa shape index (κ3) is 6.59. The summed E-state index contributed by atoms with van der Waals surface area (Å²) in [5, 5.41) is 4.94. The van der Waals surface area contributed by atoms with Crippen LogP contribution in [0.5, 0.6) is 0 Å². The Hall–Kier alpha value is -7.61. The van der Waals surface area contributed by atoms with E-state index >= 15 is 0 Å². The lowest BCUT2D eigenvalue weighted by molar-refractivity contribution is 0.103. The largest absolute Gasteiger partial charge is 0.289 e. The van der Waals surface area contributed by atoms with Crippen LogP contribution in [0.25, 0.3) is 88.3 Å². The molecule has 1 nitrogen and oxygen atoms in total. The zero-order chi connectivity index (χ0) is 38.8. The van der Waals surface area contributed by atoms with Gasteiger partial charge in [-0.05, 0) is 107 Å². The summed E-state index contributed by atoms with van der Waals surface area (Å²) in [6.07, 6.45) is 0. The van der Waals surface area contributed by atoms with Crippen LogP contribution in [0.1, 0.15) is 15.9 Å². The molecule has 0 aliphatic rings. The van der Waals surface area contributed by atoms with Crippen LogP contribution in [0.15, 0.2) is 231 Å². The number of carbonyl (C=O) groups excluding carboxylic acids is 1. The molecule has 272 valence electrons. The van der Waals surface area contributed by atoms with E-state index in [-0.39, 0.29) is 5.78 Å². The topological polar surface area (TPSA) is 17.1 Å². The van der Waals surface area contributed by atoms with Gasteiger partial charge in [-0.1, -0.05) is 212 Å². The smallest absolute Gasteiger partial charge is 0.193 e. The quantitative estimate of drug-likeness (QED) is 0.142. The van der Waals surface area contributed by atoms with Gasteiger partial charge in [0.05, 0.1) is 0 Å². The van der Waals surface area contributed by atoms with Crippen molar-refractivity contribution in [2.24, 2.45) is 0 Å². The van der Waals surface area contributed by atoms with Crippen molar-refractivity contribution in [2.75, 3.05) is 0 Å². The number of hydrogen-bond acceptors (Lipinski definition) is 1. The highest BCUT2D eigenvalue weighted by molar-refractivity contribution is 6.10. The van der Waals surface area contributed by atoms with E-state index in [1.807, 2.05) is 48.5 Å². The van der Waals surface area contributed by atoms with Gasteiger partial charge in [-0.15, -0.1) is 0 Å². The van der Waals surface area contributed by atoms with Crippen LogP contribution in [-0.4, -0.2) is 5.78 Å². The fourth-order valence-electron chi connectivity index (χ4n) is 8.39. The Balaban J connectivity index is 1.16. The molecule has 0 amide bonds. The van der Waals surface area contributed by atoms with Crippen LogP contribution in [-0.2, 0) is 0 Å². The lowest BCUT2D eigenvalue weighted by Gasteiger charge is -2.20. The second-order valence-electron chi connectivity index (χ2n) is 14.8. The number of rotatable bonds is 8. The Labute approximate surface area is 339 Å². The predicted octanol–water partition coefficient (Wildman–Crippen LogP) is 15.2. The third-order valence-corrected chi connectivity index (χ3v) is 11.3. The molecule has 10 aromatic rings. The lowest BCUT2D eigenvalue weighted by Crippen LogP contribution is -2.01. The number of ketones is 1. The van der Waals surface area contributed by atoms with E-state index in [1.54, 1.807) is 0 Å². The van der Waals surface area contributed by atoms with Crippen molar-refractivity contribution in [2.45, 2.75) is 0 Å². The Morgan fingerprint density at radius 1 is 0.259 bits per heavy atom. The predicted molar refractivity (Wildman–Crippen MR) is 244 cm³/mol. The summed E-state index contributed by atoms with van der Waals surface area (Å²) < 4.78 is 0. The van der Waals surface area contributed by atoms with E-state index in [4.69, 9.17) is 0 Å². The molecule has 0 heterocycles. The zero-order valence-corrected chi connectivity index (χ0v) is 31.8. The highest BCUT2D eigenvalue weighted by Crippen LogP contribution is 2.44. The molecule has 0 spiro atoms. The number of fused-ring (bicyclic) bond motifs is 2. The second kappa shape index (κ2) is 15.1. The Kier molecular flexibility index (Phi) is 9.10. The minimum atomic E-state index is 0.0110. The Bertz CT molecular complexity index is 2930. The van der Waals surface area contributed by atoms with Crippen LogP contribution in [0.4, 0.5) is 0 Å². The first kappa shape index (κ1) is 34.8. The SMILES string of the molecule is O=C(c1ccccc1)c1cccc(-c2cc(-c3ccc(-c4cccc5ccccc45)cc3)c(-c3ccccc3)c(-c3ccc(-c4cccc5ccccc45)cc3)c2)c1. The van der Waals surface area contributed by atoms with E-state index in [9.17, 15) is 4.79 Å². The van der Waals surface area contributed by atoms with Gasteiger partial charge in [0, 0.05) is 11.1 Å². The van der Waals surface area contributed by atoms with Gasteiger partial charge >= 0.3 is 0 Å². The number of benzene rings is 10. The van der Waals surface area contributed by atoms with E-state index < -0.39 is 0 Å². The monoisotopic (exact) mass is 738 g/mol. The molecule has 0 fully saturated rings. The van der Waals surface area contributed by atoms with E-state index in [1.165, 1.54) is 43.8 Å². The number of carbonyl (C=O) groups is 1. The van der Waals surface area contributed by atoms with E-state index in [2.05, 4.69) is 182 Å². The van der Waals surface area contributed by atoms with Gasteiger partial charge in [-0.2, -0.15) is 0 Å². The molecule has 1 heteroatoms. The van der Waals surface area contributed by atoms with Crippen LogP contribution in [0, 0.1) is 0 Å². The van der Waals surface area contributed by atoms with Crippen molar-refractivity contribution in [1.29, 1.82) is 0 Å². The van der Waals surface area contributed by atoms with Crippen molar-refractivity contribution < 1.29 is 4.79 Å². The highest BCUT2D eigenvalue weighted by Gasteiger charge is 2.19. The van der Waals surface area contributed by atoms with E-state index in [0.29, 0.717) is 11.1 Å². The van der Waals surface area contributed by atoms with Gasteiger partial charge < -0.3 is 0 Å². The van der Waals surface area contributed by atoms with Gasteiger partial charge in [0.2, 0.25) is 0 Å². The maximum absolute atomic E-state index is 13.7. The van der Waals surface area contributed by atoms with Crippen molar-refractivity contribution in [3.63, 3.8) is 0 Å². The first-order valence-electron chi connectivity index (χ1n) is 19.8. The van der Waals surface area contributed by atoms with Gasteiger partial charge in [0.1, 0.15) is 0 Å². The summed E-state index contributed by atoms with van der Waals surface area (Å²) in [6.45, 7) is 0. The number of hydrogen-bond donors (Lipinski definition) is 0. The summed E-state index contributed by atoms with van der Waals surface area (Å²) in [4.78, 5) is 13.7. The summed E-state index contributed by atoms with van der Waals surface area (Å²) in [5.74, 6) is 0.0110. The molecule has 10 rings (SSSR count). The minimum absolute atomic E-state index is 0.0110. The first-order valence-corrected chi connectivity index (χ1v) is 19.8. The fraction of sp³-hybridized carbons (Fsp3) is 0. The normalized spacial score (nSPS) is 11.2. The highest BCUT2D eigenvalue weighted by atomic mass is 16.1. The molecule has 10 aromatic carbocycles. The first-order chi connectivity index (χ1) is 28.7. The fourth-order valence-corrected chi connectivity index (χ4v) is 8.39. The Morgan fingerprint density at radius 3 is 1.19 bits per heavy atom. The lowest BCUT2D eigenvalue weighted by atomic mass is 9.83. The molecule has 0 aliphatic carbocycles. The van der Waals surface area contributed by atoms with Crippen LogP contribution in [0.2, 0.25) is 0 Å². The molecule has 0 aromatic heterocycles. The third-order valence-electron chi connectivity index (χ3n) is 11.3. The summed E-state index contributed by atoms with van der Waals surface area (Å²) in [7, 11) is 0. The van der Waals surface area contributed by atoms with Crippen molar-refractivity contribution in [3.05, 3.63) is 242 Å². The van der Waals surface area contributed by atoms with Gasteiger partial charge in [-0.25, -0.2) is 0 Å². The summed E-state index contributed by atoms with van der Waals surface area (Å²) in [6, 6.07) is 81.1. The van der Waals surface area contributed by atoms with Crippen molar-refractivity contribution >= 4 is 27.3 Å². The second-order valence-corrected chi connectivity index (χ2v) is 14.8. The summed E-state index contributed by atoms with van der Waals surface area (Å²) >= 11 is 0. The standard InChI is InChI=1S/C57H38O/c58-57(46-18-5-2-6-19-46)48-23-11-22-47(36-48)49-37-54(43-32-28-41(29-33-43)52-26-12-20-39-14-7-9-24-50(39)52)56(45-16-3-1-4-17-45)55(38-49)44-34-30-42(31-35-44)53-27-13-21-40-15-8-10-25-51(40)53/h1-38H. The molecule has 0 atom stereocenters. The molecular formula is C57H38O. The van der Waals surface area contributed by atoms with Crippen molar-refractivity contribution in [1.82, 2.24) is 0 Å². The molecule has 0 unspecified atom stereocenters. The average molecular weight is 739 g/mol. The average Bonchev–Trinajstić information content (AvgIpc) is 3.31. The zero-order valence-electron chi connectivity index (χ0n) is 31.8. The molecule has 0 N–H and O–H groups in total. The molecule has 58 heavy (non-hydrogen) atoms. The van der Waals surface area contributed by atoms with E-state index in [0.717, 1.165) is 44.5 Å². The molecule has 0 aliphatic heterocycles. The van der Waals surface area contributed by atoms with Crippen LogP contribution in [0.3, 0.4) is 0 Å². The summed E-state index contributed by atoms with van der Waals surface area (Å²) in [5.41, 5.74) is 15.0. The molecule has 0 bridgehead atoms. The van der Waals surface area contributed by atoms with Gasteiger partial charge in [-0.3, -0.25) is 4.79 Å². The molecule has 0 saturated heterocycles. The maximum atomic E-state index is 13.7. The Morgan fingerprint density at radius 2 is 0.655 bits per heavy atom. The minimum Gasteiger partial charge on any atom is -0.289 e. The molecule has 0 radical (unpaired) electrons.